The number of methoxy groups -OCH3 is 1. The first-order valence-corrected chi connectivity index (χ1v) is 8.45. The van der Waals surface area contributed by atoms with Gasteiger partial charge < -0.3 is 14.8 Å². The minimum atomic E-state index is -1.05. The average molecular weight is 419 g/mol. The third-order valence-corrected chi connectivity index (χ3v) is 4.06. The van der Waals surface area contributed by atoms with Crippen LogP contribution in [-0.4, -0.2) is 29.2 Å². The monoisotopic (exact) mass is 417 g/mol. The summed E-state index contributed by atoms with van der Waals surface area (Å²) in [5, 5.41) is 10.5. The van der Waals surface area contributed by atoms with E-state index in [2.05, 4.69) is 20.3 Å². The molecule has 0 fully saturated rings. The van der Waals surface area contributed by atoms with Gasteiger partial charge in [0.2, 0.25) is 5.88 Å². The number of amides is 1. The lowest BCUT2D eigenvalue weighted by Gasteiger charge is -2.13. The highest BCUT2D eigenvalue weighted by atomic mass is 35.5. The Balaban J connectivity index is 2.27. The molecule has 1 aromatic carbocycles. The van der Waals surface area contributed by atoms with E-state index in [0.717, 1.165) is 12.7 Å². The van der Waals surface area contributed by atoms with Gasteiger partial charge in [-0.05, 0) is 23.6 Å². The van der Waals surface area contributed by atoms with Crippen LogP contribution < -0.4 is 10.1 Å². The van der Waals surface area contributed by atoms with Gasteiger partial charge in [-0.25, -0.2) is 4.79 Å². The summed E-state index contributed by atoms with van der Waals surface area (Å²) < 4.78 is 9.93. The molecule has 138 valence electrons. The topological polar surface area (TPSA) is 90.4 Å². The van der Waals surface area contributed by atoms with Crippen LogP contribution in [0.2, 0.25) is 15.2 Å². The average Bonchev–Trinajstić information content (AvgIpc) is 2.58. The van der Waals surface area contributed by atoms with Crippen molar-refractivity contribution in [3.63, 3.8) is 0 Å². The maximum absolute atomic E-state index is 11.5. The predicted octanol–water partition coefficient (Wildman–Crippen LogP) is 4.46. The van der Waals surface area contributed by atoms with Gasteiger partial charge in [-0.1, -0.05) is 48.7 Å². The Hall–Kier alpha value is -2.09. The molecule has 7 nitrogen and oxygen atoms in total. The quantitative estimate of drug-likeness (QED) is 0.582. The Labute approximate surface area is 164 Å². The van der Waals surface area contributed by atoms with Crippen LogP contribution in [-0.2, 0) is 14.3 Å². The van der Waals surface area contributed by atoms with Crippen LogP contribution in [0.25, 0.3) is 0 Å². The summed E-state index contributed by atoms with van der Waals surface area (Å²) in [4.78, 5) is 22.7. The van der Waals surface area contributed by atoms with Crippen LogP contribution in [0.4, 0.5) is 5.69 Å². The second kappa shape index (κ2) is 8.53. The number of carbonyl (C=O) groups excluding carboxylic acids is 2. The van der Waals surface area contributed by atoms with Gasteiger partial charge in [0.15, 0.2) is 10.9 Å². The van der Waals surface area contributed by atoms with Gasteiger partial charge >= 0.3 is 11.9 Å². The molecule has 1 aromatic heterocycles. The van der Waals surface area contributed by atoms with Crippen LogP contribution in [0.15, 0.2) is 18.2 Å². The van der Waals surface area contributed by atoms with E-state index < -0.39 is 11.9 Å². The second-order valence-electron chi connectivity index (χ2n) is 5.40. The lowest BCUT2D eigenvalue weighted by Crippen LogP contribution is -2.23. The second-order valence-corrected chi connectivity index (χ2v) is 6.57. The van der Waals surface area contributed by atoms with Gasteiger partial charge in [0.25, 0.3) is 0 Å². The molecule has 0 unspecified atom stereocenters. The number of nitrogens with zero attached hydrogens (tertiary/aromatic N) is 2. The molecule has 2 rings (SSSR count). The minimum Gasteiger partial charge on any atom is -0.462 e. The van der Waals surface area contributed by atoms with Crippen molar-refractivity contribution in [3.8, 4) is 11.6 Å². The van der Waals surface area contributed by atoms with Crippen molar-refractivity contribution in [2.75, 3.05) is 12.4 Å². The zero-order valence-corrected chi connectivity index (χ0v) is 16.2. The van der Waals surface area contributed by atoms with E-state index in [1.807, 2.05) is 13.8 Å². The molecule has 0 aliphatic rings. The number of nitrogens with one attached hydrogen (secondary N) is 1. The van der Waals surface area contributed by atoms with Crippen LogP contribution in [0.1, 0.15) is 25.3 Å². The molecule has 0 atom stereocenters. The van der Waals surface area contributed by atoms with Gasteiger partial charge in [0, 0.05) is 11.8 Å². The summed E-state index contributed by atoms with van der Waals surface area (Å²) in [6.45, 7) is 3.90. The first-order chi connectivity index (χ1) is 12.2. The number of aromatic nitrogens is 2. The van der Waals surface area contributed by atoms with Crippen molar-refractivity contribution in [2.24, 2.45) is 0 Å². The molecule has 0 aliphatic carbocycles. The highest BCUT2D eigenvalue weighted by Gasteiger charge is 2.18. The van der Waals surface area contributed by atoms with E-state index in [1.165, 1.54) is 12.1 Å². The molecule has 0 saturated carbocycles. The van der Waals surface area contributed by atoms with Crippen LogP contribution in [0.5, 0.6) is 11.6 Å². The number of halogens is 3. The summed E-state index contributed by atoms with van der Waals surface area (Å²) >= 11 is 18.3. The molecule has 1 amide bonds. The molecule has 1 N–H and O–H groups in total. The molecule has 0 radical (unpaired) electrons. The van der Waals surface area contributed by atoms with Gasteiger partial charge in [-0.2, -0.15) is 0 Å². The Kier molecular flexibility index (Phi) is 6.63. The maximum Gasteiger partial charge on any atom is 0.396 e. The van der Waals surface area contributed by atoms with Crippen molar-refractivity contribution >= 4 is 52.4 Å². The number of carbonyl (C=O) groups is 2. The van der Waals surface area contributed by atoms with E-state index >= 15 is 0 Å². The van der Waals surface area contributed by atoms with E-state index in [1.54, 1.807) is 6.07 Å². The molecule has 0 aliphatic heterocycles. The van der Waals surface area contributed by atoms with Crippen molar-refractivity contribution in [3.05, 3.63) is 39.0 Å². The molecular weight excluding hydrogens is 405 g/mol. The number of benzene rings is 1. The highest BCUT2D eigenvalue weighted by molar-refractivity contribution is 6.39. The number of rotatable bonds is 4. The van der Waals surface area contributed by atoms with Gasteiger partial charge in [0.1, 0.15) is 0 Å². The Morgan fingerprint density at radius 2 is 1.69 bits per heavy atom. The fraction of sp³-hybridized carbons (Fsp3) is 0.250. The zero-order chi connectivity index (χ0) is 19.4. The SMILES string of the molecule is COC(=O)C(=O)Nc1cc(Cl)c(Oc2cc(C(C)C)c(Cl)nn2)c(Cl)c1. The lowest BCUT2D eigenvalue weighted by molar-refractivity contribution is -0.150. The molecule has 2 aromatic rings. The summed E-state index contributed by atoms with van der Waals surface area (Å²) in [6, 6.07) is 4.38. The number of hydrogen-bond acceptors (Lipinski definition) is 6. The van der Waals surface area contributed by atoms with Crippen LogP contribution in [0.3, 0.4) is 0 Å². The van der Waals surface area contributed by atoms with E-state index in [-0.39, 0.29) is 38.4 Å². The normalized spacial score (nSPS) is 10.6. The van der Waals surface area contributed by atoms with E-state index in [9.17, 15) is 9.59 Å². The van der Waals surface area contributed by atoms with Crippen molar-refractivity contribution in [2.45, 2.75) is 19.8 Å². The predicted molar refractivity (Wildman–Crippen MR) is 98.3 cm³/mol. The summed E-state index contributed by atoms with van der Waals surface area (Å²) in [5.41, 5.74) is 0.957. The highest BCUT2D eigenvalue weighted by Crippen LogP contribution is 2.39. The first-order valence-electron chi connectivity index (χ1n) is 7.32. The van der Waals surface area contributed by atoms with E-state index in [4.69, 9.17) is 39.5 Å². The fourth-order valence-corrected chi connectivity index (χ4v) is 2.81. The zero-order valence-electron chi connectivity index (χ0n) is 14.0. The molecule has 10 heteroatoms. The van der Waals surface area contributed by atoms with Gasteiger partial charge in [0.05, 0.1) is 17.2 Å². The Morgan fingerprint density at radius 3 is 2.23 bits per heavy atom. The molecule has 0 bridgehead atoms. The number of anilines is 1. The summed E-state index contributed by atoms with van der Waals surface area (Å²) in [5.74, 6) is -1.61. The molecular formula is C16H14Cl3N3O4. The number of hydrogen-bond donors (Lipinski definition) is 1. The Morgan fingerprint density at radius 1 is 1.08 bits per heavy atom. The third-order valence-electron chi connectivity index (χ3n) is 3.21. The van der Waals surface area contributed by atoms with Crippen molar-refractivity contribution in [1.29, 1.82) is 0 Å². The molecule has 0 saturated heterocycles. The van der Waals surface area contributed by atoms with E-state index in [0.29, 0.717) is 0 Å². The lowest BCUT2D eigenvalue weighted by atomic mass is 10.1. The largest absolute Gasteiger partial charge is 0.462 e. The number of ether oxygens (including phenoxy) is 2. The minimum absolute atomic E-state index is 0.0977. The molecule has 0 spiro atoms. The Bertz CT molecular complexity index is 836. The first kappa shape index (κ1) is 20.2. The summed E-state index contributed by atoms with van der Waals surface area (Å²) in [6.07, 6.45) is 0. The summed E-state index contributed by atoms with van der Waals surface area (Å²) in [7, 11) is 1.09. The van der Waals surface area contributed by atoms with Crippen molar-refractivity contribution < 1.29 is 19.1 Å². The fourth-order valence-electron chi connectivity index (χ4n) is 1.94. The molecule has 1 heterocycles. The van der Waals surface area contributed by atoms with Gasteiger partial charge in [-0.15, -0.1) is 10.2 Å². The maximum atomic E-state index is 11.5. The molecule has 26 heavy (non-hydrogen) atoms. The van der Waals surface area contributed by atoms with Crippen molar-refractivity contribution in [1.82, 2.24) is 10.2 Å². The number of esters is 1. The third kappa shape index (κ3) is 4.75. The van der Waals surface area contributed by atoms with Gasteiger partial charge in [-0.3, -0.25) is 4.79 Å². The smallest absolute Gasteiger partial charge is 0.396 e. The van der Waals surface area contributed by atoms with Crippen LogP contribution >= 0.6 is 34.8 Å². The van der Waals surface area contributed by atoms with Crippen LogP contribution in [0, 0.1) is 0 Å². The standard InChI is InChI=1S/C16H14Cl3N3O4/c1-7(2)9-6-12(21-22-14(9)19)26-13-10(17)4-8(5-11(13)18)20-15(23)16(24)25-3/h4-7H,1-3H3,(H,20,23).